The van der Waals surface area contributed by atoms with Crippen LogP contribution < -0.4 is 4.90 Å². The lowest BCUT2D eigenvalue weighted by molar-refractivity contribution is -0.135. The van der Waals surface area contributed by atoms with Gasteiger partial charge >= 0.3 is 12.1 Å². The van der Waals surface area contributed by atoms with E-state index in [0.29, 0.717) is 5.00 Å². The van der Waals surface area contributed by atoms with Crippen molar-refractivity contribution in [2.45, 2.75) is 6.92 Å². The summed E-state index contributed by atoms with van der Waals surface area (Å²) in [6, 6.07) is 6.45. The number of carboxylic acids is 1. The Bertz CT molecular complexity index is 651. The second-order valence-corrected chi connectivity index (χ2v) is 5.05. The van der Waals surface area contributed by atoms with E-state index in [1.54, 1.807) is 25.1 Å². The van der Waals surface area contributed by atoms with E-state index in [0.717, 1.165) is 15.0 Å². The summed E-state index contributed by atoms with van der Waals surface area (Å²) in [4.78, 5) is 23.8. The zero-order valence-corrected chi connectivity index (χ0v) is 11.5. The van der Waals surface area contributed by atoms with Crippen LogP contribution in [0.3, 0.4) is 0 Å². The number of hydrogen-bond acceptors (Lipinski definition) is 5. The number of anilines is 1. The first-order valence-electron chi connectivity index (χ1n) is 5.90. The van der Waals surface area contributed by atoms with E-state index < -0.39 is 18.6 Å². The first-order valence-corrected chi connectivity index (χ1v) is 6.71. The summed E-state index contributed by atoms with van der Waals surface area (Å²) in [7, 11) is 0. The molecule has 0 saturated heterocycles. The molecule has 0 radical (unpaired) electrons. The molecule has 0 unspecified atom stereocenters. The van der Waals surface area contributed by atoms with E-state index in [2.05, 4.69) is 0 Å². The first kappa shape index (κ1) is 14.1. The average Bonchev–Trinajstić information content (AvgIpc) is 2.78. The third-order valence-electron chi connectivity index (χ3n) is 2.53. The Balaban J connectivity index is 2.39. The van der Waals surface area contributed by atoms with Gasteiger partial charge in [-0.1, -0.05) is 0 Å². The molecule has 106 valence electrons. The lowest BCUT2D eigenvalue weighted by Crippen LogP contribution is -2.35. The van der Waals surface area contributed by atoms with Gasteiger partial charge in [0.1, 0.15) is 17.3 Å². The zero-order chi connectivity index (χ0) is 14.7. The molecule has 1 heterocycles. The van der Waals surface area contributed by atoms with Crippen LogP contribution in [-0.4, -0.2) is 35.4 Å². The van der Waals surface area contributed by atoms with E-state index in [1.165, 1.54) is 17.4 Å². The second-order valence-electron chi connectivity index (χ2n) is 3.99. The normalized spacial score (nSPS) is 10.4. The van der Waals surface area contributed by atoms with Crippen molar-refractivity contribution in [3.8, 4) is 5.75 Å². The highest BCUT2D eigenvalue weighted by Crippen LogP contribution is 2.34. The standard InChI is InChI=1S/C13H13NO5S/c1-2-19-13(18)14(7-12(16)17)11-6-8-5-9(15)3-4-10(8)20-11/h3-6,15H,2,7H2,1H3,(H,16,17). The summed E-state index contributed by atoms with van der Waals surface area (Å²) in [5.41, 5.74) is 0. The molecule has 0 spiro atoms. The van der Waals surface area contributed by atoms with Crippen LogP contribution in [0.1, 0.15) is 6.92 Å². The fraction of sp³-hybridized carbons (Fsp3) is 0.231. The van der Waals surface area contributed by atoms with Gasteiger partial charge in [0.05, 0.1) is 6.61 Å². The molecule has 2 N–H and O–H groups in total. The Labute approximate surface area is 118 Å². The lowest BCUT2D eigenvalue weighted by atomic mass is 10.2. The summed E-state index contributed by atoms with van der Waals surface area (Å²) in [6.45, 7) is 1.35. The van der Waals surface area contributed by atoms with Gasteiger partial charge in [-0.15, -0.1) is 11.3 Å². The molecule has 20 heavy (non-hydrogen) atoms. The number of hydrogen-bond donors (Lipinski definition) is 2. The number of carboxylic acid groups (broad SMARTS) is 1. The number of amides is 1. The van der Waals surface area contributed by atoms with Crippen molar-refractivity contribution in [3.05, 3.63) is 24.3 Å². The second kappa shape index (κ2) is 5.79. The van der Waals surface area contributed by atoms with Crippen molar-refractivity contribution < 1.29 is 24.5 Å². The molecule has 0 aliphatic heterocycles. The van der Waals surface area contributed by atoms with Crippen molar-refractivity contribution in [1.29, 1.82) is 0 Å². The van der Waals surface area contributed by atoms with Gasteiger partial charge in [-0.2, -0.15) is 0 Å². The highest BCUT2D eigenvalue weighted by atomic mass is 32.1. The van der Waals surface area contributed by atoms with Gasteiger partial charge in [0.15, 0.2) is 0 Å². The van der Waals surface area contributed by atoms with Crippen molar-refractivity contribution in [1.82, 2.24) is 0 Å². The molecule has 1 aromatic carbocycles. The summed E-state index contributed by atoms with van der Waals surface area (Å²) in [6.07, 6.45) is -0.703. The van der Waals surface area contributed by atoms with Crippen LogP contribution in [-0.2, 0) is 9.53 Å². The number of phenols is 1. The van der Waals surface area contributed by atoms with E-state index in [1.807, 2.05) is 0 Å². The largest absolute Gasteiger partial charge is 0.508 e. The monoisotopic (exact) mass is 295 g/mol. The minimum Gasteiger partial charge on any atom is -0.508 e. The molecule has 2 aromatic rings. The molecule has 2 rings (SSSR count). The number of phenolic OH excluding ortho intramolecular Hbond substituents is 1. The minimum atomic E-state index is -1.13. The number of aromatic hydroxyl groups is 1. The average molecular weight is 295 g/mol. The van der Waals surface area contributed by atoms with Crippen LogP contribution in [0.4, 0.5) is 9.80 Å². The molecule has 0 saturated carbocycles. The van der Waals surface area contributed by atoms with Crippen LogP contribution >= 0.6 is 11.3 Å². The van der Waals surface area contributed by atoms with E-state index in [9.17, 15) is 14.7 Å². The van der Waals surface area contributed by atoms with E-state index >= 15 is 0 Å². The summed E-state index contributed by atoms with van der Waals surface area (Å²) < 4.78 is 5.70. The van der Waals surface area contributed by atoms with Gasteiger partial charge in [0.25, 0.3) is 0 Å². The number of nitrogens with zero attached hydrogens (tertiary/aromatic N) is 1. The fourth-order valence-electron chi connectivity index (χ4n) is 1.72. The van der Waals surface area contributed by atoms with E-state index in [4.69, 9.17) is 9.84 Å². The number of carbonyl (C=O) groups excluding carboxylic acids is 1. The highest BCUT2D eigenvalue weighted by Gasteiger charge is 2.22. The number of rotatable bonds is 4. The van der Waals surface area contributed by atoms with Crippen LogP contribution in [0.2, 0.25) is 0 Å². The molecule has 7 heteroatoms. The van der Waals surface area contributed by atoms with E-state index in [-0.39, 0.29) is 12.4 Å². The topological polar surface area (TPSA) is 87.1 Å². The third-order valence-corrected chi connectivity index (χ3v) is 3.67. The smallest absolute Gasteiger partial charge is 0.415 e. The van der Waals surface area contributed by atoms with Crippen LogP contribution in [0.5, 0.6) is 5.75 Å². The fourth-order valence-corrected chi connectivity index (χ4v) is 2.75. The molecule has 0 aliphatic carbocycles. The van der Waals surface area contributed by atoms with Crippen molar-refractivity contribution >= 4 is 38.5 Å². The van der Waals surface area contributed by atoms with Crippen LogP contribution in [0.25, 0.3) is 10.1 Å². The maximum Gasteiger partial charge on any atom is 0.415 e. The first-order chi connectivity index (χ1) is 9.51. The Hall–Kier alpha value is -2.28. The molecule has 0 bridgehead atoms. The van der Waals surface area contributed by atoms with Gasteiger partial charge in [-0.3, -0.25) is 9.69 Å². The Morgan fingerprint density at radius 1 is 1.35 bits per heavy atom. The SMILES string of the molecule is CCOC(=O)N(CC(=O)O)c1cc2cc(O)ccc2s1. The number of thiophene rings is 1. The molecule has 1 aromatic heterocycles. The number of aliphatic carboxylic acids is 1. The quantitative estimate of drug-likeness (QED) is 0.905. The molecule has 0 atom stereocenters. The summed E-state index contributed by atoms with van der Waals surface area (Å²) in [5.74, 6) is -1.01. The van der Waals surface area contributed by atoms with Crippen molar-refractivity contribution in [2.75, 3.05) is 18.1 Å². The number of benzene rings is 1. The molecule has 0 aliphatic rings. The van der Waals surface area contributed by atoms with Gasteiger partial charge in [-0.05, 0) is 36.6 Å². The van der Waals surface area contributed by atoms with Crippen LogP contribution in [0.15, 0.2) is 24.3 Å². The number of carbonyl (C=O) groups is 2. The molecular formula is C13H13NO5S. The minimum absolute atomic E-state index is 0.114. The molecule has 0 fully saturated rings. The van der Waals surface area contributed by atoms with Gasteiger partial charge in [0, 0.05) is 4.70 Å². The Kier molecular flexibility index (Phi) is 4.09. The third kappa shape index (κ3) is 3.00. The van der Waals surface area contributed by atoms with Crippen molar-refractivity contribution in [2.24, 2.45) is 0 Å². The van der Waals surface area contributed by atoms with Gasteiger partial charge in [-0.25, -0.2) is 4.79 Å². The van der Waals surface area contributed by atoms with Crippen molar-refractivity contribution in [3.63, 3.8) is 0 Å². The summed E-state index contributed by atoms with van der Waals surface area (Å²) >= 11 is 1.26. The predicted molar refractivity (Wildman–Crippen MR) is 75.5 cm³/mol. The molecule has 1 amide bonds. The number of ether oxygens (including phenoxy) is 1. The summed E-state index contributed by atoms with van der Waals surface area (Å²) in [5, 5.41) is 19.5. The highest BCUT2D eigenvalue weighted by molar-refractivity contribution is 7.23. The van der Waals surface area contributed by atoms with Gasteiger partial charge < -0.3 is 14.9 Å². The van der Waals surface area contributed by atoms with Gasteiger partial charge in [0.2, 0.25) is 0 Å². The Morgan fingerprint density at radius 2 is 2.10 bits per heavy atom. The Morgan fingerprint density at radius 3 is 2.75 bits per heavy atom. The predicted octanol–water partition coefficient (Wildman–Crippen LogP) is 2.65. The zero-order valence-electron chi connectivity index (χ0n) is 10.7. The number of fused-ring (bicyclic) bond motifs is 1. The van der Waals surface area contributed by atoms with Crippen LogP contribution in [0, 0.1) is 0 Å². The molecule has 6 nitrogen and oxygen atoms in total. The lowest BCUT2D eigenvalue weighted by Gasteiger charge is -2.17. The maximum atomic E-state index is 11.8. The molecular weight excluding hydrogens is 282 g/mol. The maximum absolute atomic E-state index is 11.8.